The van der Waals surface area contributed by atoms with Crippen molar-refractivity contribution in [3.63, 3.8) is 0 Å². The Hall–Kier alpha value is -2.99. The summed E-state index contributed by atoms with van der Waals surface area (Å²) in [6.07, 6.45) is 3.16. The number of carbonyl (C=O) groups excluding carboxylic acids is 2. The van der Waals surface area contributed by atoms with Gasteiger partial charge in [-0.05, 0) is 61.1 Å². The first kappa shape index (κ1) is 24.3. The standard InChI is InChI=1S/C25H32N2O4/c1-3-7-18-8-10-19(11-9-18)20-12-14-21(15-13-20)23(29)27-25(24(30)31,22(28)4-2)16-5-6-17-26/h8-15H,3-7,16-17,26H2,1-2H3,(H,27,29)(H,30,31). The van der Waals surface area contributed by atoms with E-state index in [1.54, 1.807) is 19.1 Å². The molecule has 1 amide bonds. The van der Waals surface area contributed by atoms with Crippen LogP contribution < -0.4 is 11.1 Å². The number of nitrogens with two attached hydrogens (primary N) is 1. The second-order valence-corrected chi connectivity index (χ2v) is 7.71. The quantitative estimate of drug-likeness (QED) is 0.353. The Morgan fingerprint density at radius 1 is 0.935 bits per heavy atom. The number of rotatable bonds is 12. The van der Waals surface area contributed by atoms with Gasteiger partial charge in [0.2, 0.25) is 0 Å². The third kappa shape index (κ3) is 6.01. The lowest BCUT2D eigenvalue weighted by molar-refractivity contribution is -0.150. The predicted molar refractivity (Wildman–Crippen MR) is 122 cm³/mol. The molecule has 166 valence electrons. The van der Waals surface area contributed by atoms with E-state index in [-0.39, 0.29) is 12.8 Å². The van der Waals surface area contributed by atoms with Gasteiger partial charge in [0.05, 0.1) is 0 Å². The van der Waals surface area contributed by atoms with Gasteiger partial charge in [0.25, 0.3) is 5.91 Å². The lowest BCUT2D eigenvalue weighted by Crippen LogP contribution is -2.60. The molecule has 0 aromatic heterocycles. The lowest BCUT2D eigenvalue weighted by atomic mass is 9.86. The van der Waals surface area contributed by atoms with Crippen molar-refractivity contribution < 1.29 is 19.5 Å². The summed E-state index contributed by atoms with van der Waals surface area (Å²) in [6, 6.07) is 15.2. The number of Topliss-reactive ketones (excluding diaryl/α,β-unsaturated/α-hetero) is 1. The zero-order chi connectivity index (χ0) is 22.9. The van der Waals surface area contributed by atoms with Crippen molar-refractivity contribution >= 4 is 17.7 Å². The number of aryl methyl sites for hydroxylation is 1. The summed E-state index contributed by atoms with van der Waals surface area (Å²) in [5.41, 5.74) is 7.14. The maximum Gasteiger partial charge on any atom is 0.337 e. The van der Waals surface area contributed by atoms with Crippen molar-refractivity contribution in [3.8, 4) is 11.1 Å². The van der Waals surface area contributed by atoms with Crippen molar-refractivity contribution in [3.05, 3.63) is 59.7 Å². The normalized spacial score (nSPS) is 12.7. The summed E-state index contributed by atoms with van der Waals surface area (Å²) in [7, 11) is 0. The third-order valence-corrected chi connectivity index (χ3v) is 5.47. The van der Waals surface area contributed by atoms with E-state index in [1.807, 2.05) is 24.3 Å². The summed E-state index contributed by atoms with van der Waals surface area (Å²) < 4.78 is 0. The van der Waals surface area contributed by atoms with Gasteiger partial charge in [0.1, 0.15) is 0 Å². The van der Waals surface area contributed by atoms with Gasteiger partial charge in [0, 0.05) is 12.0 Å². The number of hydrogen-bond acceptors (Lipinski definition) is 4. The molecule has 0 fully saturated rings. The minimum atomic E-state index is -1.94. The molecule has 0 aliphatic heterocycles. The molecule has 6 nitrogen and oxygen atoms in total. The topological polar surface area (TPSA) is 109 Å². The van der Waals surface area contributed by atoms with Crippen LogP contribution in [0.1, 0.15) is 61.9 Å². The van der Waals surface area contributed by atoms with E-state index in [2.05, 4.69) is 24.4 Å². The molecule has 2 aromatic rings. The van der Waals surface area contributed by atoms with Gasteiger partial charge in [-0.1, -0.05) is 56.7 Å². The van der Waals surface area contributed by atoms with Crippen molar-refractivity contribution in [1.82, 2.24) is 5.32 Å². The van der Waals surface area contributed by atoms with E-state index in [1.165, 1.54) is 5.56 Å². The number of amides is 1. The fraction of sp³-hybridized carbons (Fsp3) is 0.400. The van der Waals surface area contributed by atoms with Crippen LogP contribution >= 0.6 is 0 Å². The molecule has 4 N–H and O–H groups in total. The fourth-order valence-electron chi connectivity index (χ4n) is 3.62. The number of aliphatic carboxylic acids is 1. The van der Waals surface area contributed by atoms with Gasteiger partial charge < -0.3 is 16.2 Å². The van der Waals surface area contributed by atoms with E-state index < -0.39 is 23.2 Å². The van der Waals surface area contributed by atoms with E-state index in [0.29, 0.717) is 24.9 Å². The summed E-state index contributed by atoms with van der Waals surface area (Å²) in [5, 5.41) is 12.3. The molecule has 6 heteroatoms. The number of carbonyl (C=O) groups is 3. The molecule has 0 radical (unpaired) electrons. The summed E-state index contributed by atoms with van der Waals surface area (Å²) in [4.78, 5) is 37.4. The van der Waals surface area contributed by atoms with Crippen LogP contribution in [0.15, 0.2) is 48.5 Å². The molecule has 31 heavy (non-hydrogen) atoms. The number of carboxylic acid groups (broad SMARTS) is 1. The molecule has 0 bridgehead atoms. The van der Waals surface area contributed by atoms with Gasteiger partial charge >= 0.3 is 5.97 Å². The van der Waals surface area contributed by atoms with E-state index in [4.69, 9.17) is 5.73 Å². The Balaban J connectivity index is 2.21. The lowest BCUT2D eigenvalue weighted by Gasteiger charge is -2.29. The zero-order valence-corrected chi connectivity index (χ0v) is 18.3. The molecule has 1 atom stereocenters. The average Bonchev–Trinajstić information content (AvgIpc) is 2.78. The van der Waals surface area contributed by atoms with Crippen molar-refractivity contribution in [2.45, 2.75) is 57.9 Å². The van der Waals surface area contributed by atoms with E-state index in [0.717, 1.165) is 24.0 Å². The van der Waals surface area contributed by atoms with E-state index >= 15 is 0 Å². The number of carboxylic acids is 1. The smallest absolute Gasteiger partial charge is 0.337 e. The number of benzene rings is 2. The summed E-state index contributed by atoms with van der Waals surface area (Å²) >= 11 is 0. The summed E-state index contributed by atoms with van der Waals surface area (Å²) in [6.45, 7) is 4.13. The SMILES string of the molecule is CCCc1ccc(-c2ccc(C(=O)NC(CCCCN)(C(=O)O)C(=O)CC)cc2)cc1. The Morgan fingerprint density at radius 3 is 2.00 bits per heavy atom. The number of ketones is 1. The number of hydrogen-bond donors (Lipinski definition) is 3. The molecule has 2 aromatic carbocycles. The Kier molecular flexibility index (Phi) is 8.94. The molecule has 0 heterocycles. The Morgan fingerprint density at radius 2 is 1.52 bits per heavy atom. The predicted octanol–water partition coefficient (Wildman–Crippen LogP) is 3.97. The highest BCUT2D eigenvalue weighted by atomic mass is 16.4. The maximum atomic E-state index is 12.8. The van der Waals surface area contributed by atoms with Crippen LogP contribution in [0.2, 0.25) is 0 Å². The monoisotopic (exact) mass is 424 g/mol. The first-order valence-electron chi connectivity index (χ1n) is 10.9. The zero-order valence-electron chi connectivity index (χ0n) is 18.3. The van der Waals surface area contributed by atoms with Gasteiger partial charge in [-0.2, -0.15) is 0 Å². The highest BCUT2D eigenvalue weighted by Gasteiger charge is 2.45. The molecule has 0 aliphatic carbocycles. The van der Waals surface area contributed by atoms with Crippen LogP contribution in [-0.4, -0.2) is 34.8 Å². The van der Waals surface area contributed by atoms with Crippen LogP contribution in [-0.2, 0) is 16.0 Å². The molecule has 2 rings (SSSR count). The largest absolute Gasteiger partial charge is 0.479 e. The Labute approximate surface area is 183 Å². The molecule has 0 spiro atoms. The molecule has 0 saturated carbocycles. The summed E-state index contributed by atoms with van der Waals surface area (Å²) in [5.74, 6) is -2.44. The van der Waals surface area contributed by atoms with Crippen LogP contribution in [0.4, 0.5) is 0 Å². The average molecular weight is 425 g/mol. The first-order valence-corrected chi connectivity index (χ1v) is 10.9. The second-order valence-electron chi connectivity index (χ2n) is 7.71. The molecule has 0 aliphatic rings. The highest BCUT2D eigenvalue weighted by Crippen LogP contribution is 2.23. The molecule has 1 unspecified atom stereocenters. The first-order chi connectivity index (χ1) is 14.9. The second kappa shape index (κ2) is 11.4. The van der Waals surface area contributed by atoms with Crippen LogP contribution in [0.25, 0.3) is 11.1 Å². The minimum Gasteiger partial charge on any atom is -0.479 e. The third-order valence-electron chi connectivity index (χ3n) is 5.47. The van der Waals surface area contributed by atoms with Gasteiger partial charge in [-0.3, -0.25) is 9.59 Å². The van der Waals surface area contributed by atoms with Gasteiger partial charge in [0.15, 0.2) is 11.3 Å². The number of nitrogens with one attached hydrogen (secondary N) is 1. The molecule has 0 saturated heterocycles. The number of unbranched alkanes of at least 4 members (excludes halogenated alkanes) is 1. The highest BCUT2D eigenvalue weighted by molar-refractivity contribution is 6.12. The van der Waals surface area contributed by atoms with E-state index in [9.17, 15) is 19.5 Å². The molecular weight excluding hydrogens is 392 g/mol. The van der Waals surface area contributed by atoms with Crippen LogP contribution in [0.5, 0.6) is 0 Å². The Bertz CT molecular complexity index is 891. The van der Waals surface area contributed by atoms with Crippen molar-refractivity contribution in [2.24, 2.45) is 5.73 Å². The van der Waals surface area contributed by atoms with Crippen LogP contribution in [0, 0.1) is 0 Å². The van der Waals surface area contributed by atoms with Crippen molar-refractivity contribution in [2.75, 3.05) is 6.54 Å². The van der Waals surface area contributed by atoms with Gasteiger partial charge in [-0.25, -0.2) is 4.79 Å². The van der Waals surface area contributed by atoms with Crippen molar-refractivity contribution in [1.29, 1.82) is 0 Å². The maximum absolute atomic E-state index is 12.8. The minimum absolute atomic E-state index is 0.0140. The van der Waals surface area contributed by atoms with Gasteiger partial charge in [-0.15, -0.1) is 0 Å². The molecular formula is C25H32N2O4. The fourth-order valence-corrected chi connectivity index (χ4v) is 3.62. The van der Waals surface area contributed by atoms with Crippen LogP contribution in [0.3, 0.4) is 0 Å².